The molecule has 1 aromatic heterocycles. The minimum atomic E-state index is -1.80. The molecule has 0 aliphatic rings. The maximum atomic E-state index is 13.6. The second-order valence-electron chi connectivity index (χ2n) is 9.90. The molecule has 3 atom stereocenters. The number of hydrogen-bond donors (Lipinski definition) is 6. The first kappa shape index (κ1) is 30.3. The van der Waals surface area contributed by atoms with E-state index in [1.165, 1.54) is 30.7 Å². The molecule has 0 saturated carbocycles. The molecule has 0 fully saturated rings. The van der Waals surface area contributed by atoms with Crippen molar-refractivity contribution in [2.45, 2.75) is 51.1 Å². The number of carbonyl (C=O) groups excluding carboxylic acids is 3. The Morgan fingerprint density at radius 3 is 2.00 bits per heavy atom. The summed E-state index contributed by atoms with van der Waals surface area (Å²) in [5, 5.41) is 37.3. The molecule has 0 bridgehead atoms. The number of hydrogen-bond acceptors (Lipinski definition) is 8. The van der Waals surface area contributed by atoms with E-state index in [-0.39, 0.29) is 30.2 Å². The third-order valence-electron chi connectivity index (χ3n) is 6.12. The van der Waals surface area contributed by atoms with E-state index in [0.717, 1.165) is 5.56 Å². The predicted octanol–water partition coefficient (Wildman–Crippen LogP) is 0.794. The topological polar surface area (TPSA) is 174 Å². The molecule has 0 spiro atoms. The first-order valence-electron chi connectivity index (χ1n) is 13.0. The van der Waals surface area contributed by atoms with Crippen molar-refractivity contribution >= 4 is 24.8 Å². The number of phenols is 1. The first-order valence-corrected chi connectivity index (χ1v) is 13.0. The van der Waals surface area contributed by atoms with Crippen LogP contribution in [0.4, 0.5) is 0 Å². The van der Waals surface area contributed by atoms with Crippen LogP contribution in [0.1, 0.15) is 41.9 Å². The molecule has 210 valence electrons. The van der Waals surface area contributed by atoms with Gasteiger partial charge in [0.25, 0.3) is 5.91 Å². The van der Waals surface area contributed by atoms with Crippen molar-refractivity contribution < 1.29 is 29.5 Å². The van der Waals surface area contributed by atoms with Gasteiger partial charge in [-0.05, 0) is 35.6 Å². The van der Waals surface area contributed by atoms with Crippen molar-refractivity contribution in [2.75, 3.05) is 0 Å². The smallest absolute Gasteiger partial charge is 0.475 e. The molecule has 40 heavy (non-hydrogen) atoms. The van der Waals surface area contributed by atoms with E-state index < -0.39 is 42.9 Å². The minimum Gasteiger partial charge on any atom is -0.508 e. The summed E-state index contributed by atoms with van der Waals surface area (Å²) in [4.78, 5) is 47.7. The Morgan fingerprint density at radius 2 is 1.43 bits per heavy atom. The zero-order valence-electron chi connectivity index (χ0n) is 22.4. The van der Waals surface area contributed by atoms with Gasteiger partial charge in [0.1, 0.15) is 23.5 Å². The molecule has 11 nitrogen and oxygen atoms in total. The number of aromatic hydroxyl groups is 1. The second kappa shape index (κ2) is 14.8. The van der Waals surface area contributed by atoms with Crippen LogP contribution in [0.2, 0.25) is 0 Å². The summed E-state index contributed by atoms with van der Waals surface area (Å²) in [6.45, 7) is 3.76. The number of nitrogens with zero attached hydrogens (tertiary/aromatic N) is 2. The Morgan fingerprint density at radius 1 is 0.825 bits per heavy atom. The Kier molecular flexibility index (Phi) is 11.2. The zero-order chi connectivity index (χ0) is 29.1. The summed E-state index contributed by atoms with van der Waals surface area (Å²) in [5.41, 5.74) is 1.45. The summed E-state index contributed by atoms with van der Waals surface area (Å²) in [6, 6.07) is 13.0. The fourth-order valence-corrected chi connectivity index (χ4v) is 4.10. The quantitative estimate of drug-likeness (QED) is 0.170. The molecule has 0 aliphatic heterocycles. The summed E-state index contributed by atoms with van der Waals surface area (Å²) < 4.78 is 0. The van der Waals surface area contributed by atoms with Gasteiger partial charge >= 0.3 is 7.12 Å². The normalized spacial score (nSPS) is 13.1. The highest BCUT2D eigenvalue weighted by molar-refractivity contribution is 6.43. The second-order valence-corrected chi connectivity index (χ2v) is 9.90. The molecule has 3 rings (SSSR count). The van der Waals surface area contributed by atoms with Crippen LogP contribution in [0.15, 0.2) is 73.2 Å². The molecule has 3 amide bonds. The van der Waals surface area contributed by atoms with E-state index >= 15 is 0 Å². The van der Waals surface area contributed by atoms with Crippen molar-refractivity contribution in [3.05, 3.63) is 90.0 Å². The molecular formula is C28H34BN5O6. The largest absolute Gasteiger partial charge is 0.508 e. The standard InChI is InChI=1S/C28H34BN5O6/c1-18(2)14-25(29(39)40)34-27(37)23(16-20-8-10-21(35)11-9-20)32-26(36)22(15-19-6-4-3-5-7-19)33-28(38)24-17-30-12-13-31-24/h3-13,17-18,22-23,25,35,39-40H,14-16H2,1-2H3,(H,32,36)(H,33,38)(H,34,37)/t22-,23-,25-/m0/s1. The highest BCUT2D eigenvalue weighted by Gasteiger charge is 2.32. The van der Waals surface area contributed by atoms with Crippen LogP contribution >= 0.6 is 0 Å². The lowest BCUT2D eigenvalue weighted by atomic mass is 9.75. The number of benzene rings is 2. The highest BCUT2D eigenvalue weighted by Crippen LogP contribution is 2.13. The number of carbonyl (C=O) groups is 3. The van der Waals surface area contributed by atoms with Crippen LogP contribution in [-0.2, 0) is 22.4 Å². The van der Waals surface area contributed by atoms with Gasteiger partial charge in [-0.2, -0.15) is 0 Å². The highest BCUT2D eigenvalue weighted by atomic mass is 16.4. The molecule has 0 saturated heterocycles. The van der Waals surface area contributed by atoms with E-state index in [1.807, 2.05) is 44.2 Å². The molecule has 1 heterocycles. The van der Waals surface area contributed by atoms with Gasteiger partial charge < -0.3 is 31.1 Å². The van der Waals surface area contributed by atoms with E-state index in [2.05, 4.69) is 25.9 Å². The van der Waals surface area contributed by atoms with Crippen molar-refractivity contribution in [1.82, 2.24) is 25.9 Å². The van der Waals surface area contributed by atoms with E-state index in [9.17, 15) is 29.5 Å². The summed E-state index contributed by atoms with van der Waals surface area (Å²) >= 11 is 0. The number of amides is 3. The lowest BCUT2D eigenvalue weighted by Crippen LogP contribution is -2.58. The molecule has 0 aliphatic carbocycles. The van der Waals surface area contributed by atoms with Crippen molar-refractivity contribution in [3.63, 3.8) is 0 Å². The number of phenolic OH excluding ortho intramolecular Hbond substituents is 1. The predicted molar refractivity (Wildman–Crippen MR) is 149 cm³/mol. The number of aromatic nitrogens is 2. The van der Waals surface area contributed by atoms with Crippen LogP contribution in [0.5, 0.6) is 5.75 Å². The Labute approximate surface area is 233 Å². The van der Waals surface area contributed by atoms with E-state index in [1.54, 1.807) is 12.1 Å². The van der Waals surface area contributed by atoms with Gasteiger partial charge in [0.15, 0.2) is 0 Å². The molecule has 12 heteroatoms. The van der Waals surface area contributed by atoms with Gasteiger partial charge in [-0.3, -0.25) is 19.4 Å². The van der Waals surface area contributed by atoms with Crippen molar-refractivity contribution in [2.24, 2.45) is 5.92 Å². The maximum Gasteiger partial charge on any atom is 0.475 e. The van der Waals surface area contributed by atoms with Crippen molar-refractivity contribution in [3.8, 4) is 5.75 Å². The van der Waals surface area contributed by atoms with E-state index in [0.29, 0.717) is 12.0 Å². The van der Waals surface area contributed by atoms with Gasteiger partial charge in [0.2, 0.25) is 11.8 Å². The van der Waals surface area contributed by atoms with Crippen LogP contribution in [0.3, 0.4) is 0 Å². The number of nitrogens with one attached hydrogen (secondary N) is 3. The molecule has 6 N–H and O–H groups in total. The average molecular weight is 547 g/mol. The molecule has 3 aromatic rings. The lowest BCUT2D eigenvalue weighted by molar-refractivity contribution is -0.130. The van der Waals surface area contributed by atoms with Crippen LogP contribution in [0.25, 0.3) is 0 Å². The van der Waals surface area contributed by atoms with Gasteiger partial charge in [0, 0.05) is 25.2 Å². The molecule has 2 aromatic carbocycles. The SMILES string of the molecule is CC(C)C[C@H](NC(=O)[C@H](Cc1ccc(O)cc1)NC(=O)[C@H](Cc1ccccc1)NC(=O)c1cnccn1)B(O)O. The van der Waals surface area contributed by atoms with Crippen molar-refractivity contribution in [1.29, 1.82) is 0 Å². The minimum absolute atomic E-state index is 0.0280. The van der Waals surface area contributed by atoms with Gasteiger partial charge in [-0.15, -0.1) is 0 Å². The molecular weight excluding hydrogens is 513 g/mol. The van der Waals surface area contributed by atoms with Crippen LogP contribution in [0, 0.1) is 5.92 Å². The fraction of sp³-hybridized carbons (Fsp3) is 0.321. The van der Waals surface area contributed by atoms with E-state index in [4.69, 9.17) is 0 Å². The maximum absolute atomic E-state index is 13.6. The lowest BCUT2D eigenvalue weighted by Gasteiger charge is -2.26. The Hall–Kier alpha value is -4.29. The number of rotatable bonds is 13. The summed E-state index contributed by atoms with van der Waals surface area (Å²) in [7, 11) is -1.80. The Balaban J connectivity index is 1.85. The summed E-state index contributed by atoms with van der Waals surface area (Å²) in [5.74, 6) is -2.70. The van der Waals surface area contributed by atoms with Gasteiger partial charge in [-0.25, -0.2) is 4.98 Å². The average Bonchev–Trinajstić information content (AvgIpc) is 2.93. The molecule has 0 radical (unpaired) electrons. The van der Waals surface area contributed by atoms with Crippen LogP contribution in [-0.4, -0.2) is 68.0 Å². The third kappa shape index (κ3) is 9.47. The Bertz CT molecular complexity index is 1250. The third-order valence-corrected chi connectivity index (χ3v) is 6.12. The van der Waals surface area contributed by atoms with Gasteiger partial charge in [-0.1, -0.05) is 56.3 Å². The summed E-state index contributed by atoms with van der Waals surface area (Å²) in [6.07, 6.45) is 4.55. The fourth-order valence-electron chi connectivity index (χ4n) is 4.10. The zero-order valence-corrected chi connectivity index (χ0v) is 22.4. The first-order chi connectivity index (χ1) is 19.1. The van der Waals surface area contributed by atoms with Gasteiger partial charge in [0.05, 0.1) is 12.1 Å². The van der Waals surface area contributed by atoms with Crippen LogP contribution < -0.4 is 16.0 Å². The molecule has 0 unspecified atom stereocenters. The monoisotopic (exact) mass is 547 g/mol.